The van der Waals surface area contributed by atoms with E-state index in [0.29, 0.717) is 23.0 Å². The van der Waals surface area contributed by atoms with Gasteiger partial charge in [0.2, 0.25) is 5.91 Å². The summed E-state index contributed by atoms with van der Waals surface area (Å²) in [5.41, 5.74) is 0.907. The van der Waals surface area contributed by atoms with E-state index in [1.165, 1.54) is 23.9 Å². The zero-order valence-corrected chi connectivity index (χ0v) is 15.7. The van der Waals surface area contributed by atoms with E-state index in [4.69, 9.17) is 23.2 Å². The molecule has 2 aromatic carbocycles. The molecule has 2 aromatic rings. The summed E-state index contributed by atoms with van der Waals surface area (Å²) in [5, 5.41) is 14.2. The second kappa shape index (κ2) is 9.08. The molecule has 0 radical (unpaired) electrons. The zero-order valence-electron chi connectivity index (χ0n) is 13.4. The number of carbonyl (C=O) groups excluding carboxylic acids is 1. The summed E-state index contributed by atoms with van der Waals surface area (Å²) in [6, 6.07) is 11.5. The Morgan fingerprint density at radius 3 is 2.56 bits per heavy atom. The highest BCUT2D eigenvalue weighted by molar-refractivity contribution is 8.00. The molecular formula is C17H16Cl2N2O3S. The van der Waals surface area contributed by atoms with Crippen LogP contribution in [-0.2, 0) is 11.2 Å². The smallest absolute Gasteiger partial charge is 0.269 e. The van der Waals surface area contributed by atoms with Gasteiger partial charge >= 0.3 is 0 Å². The average molecular weight is 399 g/mol. The monoisotopic (exact) mass is 398 g/mol. The number of thioether (sulfide) groups is 1. The second-order valence-corrected chi connectivity index (χ2v) is 7.46. The fourth-order valence-electron chi connectivity index (χ4n) is 2.11. The molecule has 0 saturated heterocycles. The van der Waals surface area contributed by atoms with Crippen LogP contribution in [0.3, 0.4) is 0 Å². The Morgan fingerprint density at radius 2 is 1.92 bits per heavy atom. The molecule has 2 rings (SSSR count). The van der Waals surface area contributed by atoms with Gasteiger partial charge in [-0.2, -0.15) is 0 Å². The summed E-state index contributed by atoms with van der Waals surface area (Å²) >= 11 is 13.4. The third kappa shape index (κ3) is 5.63. The Bertz CT molecular complexity index is 769. The topological polar surface area (TPSA) is 72.2 Å². The van der Waals surface area contributed by atoms with Crippen LogP contribution in [0.15, 0.2) is 47.4 Å². The molecule has 0 aromatic heterocycles. The van der Waals surface area contributed by atoms with Crippen molar-refractivity contribution in [3.8, 4) is 0 Å². The Balaban J connectivity index is 1.83. The molecule has 0 bridgehead atoms. The second-order valence-electron chi connectivity index (χ2n) is 5.27. The van der Waals surface area contributed by atoms with E-state index in [1.54, 1.807) is 25.1 Å². The largest absolute Gasteiger partial charge is 0.355 e. The van der Waals surface area contributed by atoms with E-state index in [9.17, 15) is 14.9 Å². The highest BCUT2D eigenvalue weighted by Gasteiger charge is 2.15. The summed E-state index contributed by atoms with van der Waals surface area (Å²) in [7, 11) is 0. The Labute approximate surface area is 159 Å². The molecule has 0 spiro atoms. The number of nitro benzene ring substituents is 1. The van der Waals surface area contributed by atoms with Crippen LogP contribution in [0.5, 0.6) is 0 Å². The molecule has 1 atom stereocenters. The molecule has 8 heteroatoms. The van der Waals surface area contributed by atoms with E-state index in [0.717, 1.165) is 10.5 Å². The van der Waals surface area contributed by atoms with Gasteiger partial charge in [0.15, 0.2) is 0 Å². The van der Waals surface area contributed by atoms with Crippen molar-refractivity contribution in [1.29, 1.82) is 0 Å². The number of nitrogens with zero attached hydrogens (tertiary/aromatic N) is 1. The van der Waals surface area contributed by atoms with Gasteiger partial charge in [-0.3, -0.25) is 14.9 Å². The van der Waals surface area contributed by atoms with E-state index in [1.807, 2.05) is 12.1 Å². The fraction of sp³-hybridized carbons (Fsp3) is 0.235. The Hall–Kier alpha value is -1.76. The quantitative estimate of drug-likeness (QED) is 0.415. The first-order chi connectivity index (χ1) is 11.9. The van der Waals surface area contributed by atoms with Crippen molar-refractivity contribution in [2.24, 2.45) is 0 Å². The minimum atomic E-state index is -0.453. The molecule has 0 aliphatic heterocycles. The number of halogens is 2. The Kier molecular flexibility index (Phi) is 7.11. The third-order valence-electron chi connectivity index (χ3n) is 3.45. The van der Waals surface area contributed by atoms with Crippen LogP contribution in [0.4, 0.5) is 5.69 Å². The van der Waals surface area contributed by atoms with Crippen LogP contribution in [0, 0.1) is 10.1 Å². The first-order valence-electron chi connectivity index (χ1n) is 7.50. The first kappa shape index (κ1) is 19.6. The van der Waals surface area contributed by atoms with Crippen LogP contribution in [0.2, 0.25) is 10.0 Å². The first-order valence-corrected chi connectivity index (χ1v) is 9.13. The van der Waals surface area contributed by atoms with Gasteiger partial charge in [-0.05, 0) is 37.1 Å². The van der Waals surface area contributed by atoms with Gasteiger partial charge in [0.1, 0.15) is 0 Å². The van der Waals surface area contributed by atoms with Crippen molar-refractivity contribution in [2.45, 2.75) is 23.5 Å². The molecule has 0 saturated carbocycles. The van der Waals surface area contributed by atoms with Crippen LogP contribution in [-0.4, -0.2) is 22.6 Å². The van der Waals surface area contributed by atoms with Crippen molar-refractivity contribution < 1.29 is 9.72 Å². The number of nitrogens with one attached hydrogen (secondary N) is 1. The highest BCUT2D eigenvalue weighted by Crippen LogP contribution is 2.26. The maximum absolute atomic E-state index is 12.2. The number of amides is 1. The van der Waals surface area contributed by atoms with Crippen LogP contribution >= 0.6 is 35.0 Å². The molecule has 25 heavy (non-hydrogen) atoms. The summed E-state index contributed by atoms with van der Waals surface area (Å²) < 4.78 is 0. The summed E-state index contributed by atoms with van der Waals surface area (Å²) in [5.74, 6) is -0.110. The van der Waals surface area contributed by atoms with Gasteiger partial charge in [0.25, 0.3) is 5.69 Å². The number of rotatable bonds is 7. The van der Waals surface area contributed by atoms with Gasteiger partial charge < -0.3 is 5.32 Å². The van der Waals surface area contributed by atoms with Gasteiger partial charge in [-0.15, -0.1) is 11.8 Å². The lowest BCUT2D eigenvalue weighted by Crippen LogP contribution is -2.32. The van der Waals surface area contributed by atoms with E-state index < -0.39 is 4.92 Å². The summed E-state index contributed by atoms with van der Waals surface area (Å²) in [6.45, 7) is 2.23. The van der Waals surface area contributed by atoms with E-state index in [2.05, 4.69) is 5.32 Å². The molecule has 0 aliphatic rings. The van der Waals surface area contributed by atoms with Crippen molar-refractivity contribution in [3.63, 3.8) is 0 Å². The SMILES string of the molecule is CC(Sc1ccc([N+](=O)[O-])cc1)C(=O)NCCc1cccc(Cl)c1Cl. The van der Waals surface area contributed by atoms with Crippen LogP contribution < -0.4 is 5.32 Å². The number of nitro groups is 1. The van der Waals surface area contributed by atoms with Gasteiger partial charge in [0.05, 0.1) is 20.2 Å². The highest BCUT2D eigenvalue weighted by atomic mass is 35.5. The fourth-order valence-corrected chi connectivity index (χ4v) is 3.42. The molecule has 0 aliphatic carbocycles. The number of benzene rings is 2. The maximum atomic E-state index is 12.2. The predicted molar refractivity (Wildman–Crippen MR) is 102 cm³/mol. The van der Waals surface area contributed by atoms with Gasteiger partial charge in [-0.25, -0.2) is 0 Å². The zero-order chi connectivity index (χ0) is 18.4. The van der Waals surface area contributed by atoms with Crippen LogP contribution in [0.1, 0.15) is 12.5 Å². The summed E-state index contributed by atoms with van der Waals surface area (Å²) in [4.78, 5) is 23.1. The molecule has 1 unspecified atom stereocenters. The Morgan fingerprint density at radius 1 is 1.24 bits per heavy atom. The normalized spacial score (nSPS) is 11.8. The molecule has 5 nitrogen and oxygen atoms in total. The van der Waals surface area contributed by atoms with E-state index >= 15 is 0 Å². The molecule has 132 valence electrons. The number of non-ortho nitro benzene ring substituents is 1. The minimum absolute atomic E-state index is 0.0276. The lowest BCUT2D eigenvalue weighted by Gasteiger charge is -2.12. The lowest BCUT2D eigenvalue weighted by atomic mass is 10.1. The van der Waals surface area contributed by atoms with E-state index in [-0.39, 0.29) is 16.8 Å². The average Bonchev–Trinajstić information content (AvgIpc) is 2.59. The number of hydrogen-bond acceptors (Lipinski definition) is 4. The minimum Gasteiger partial charge on any atom is -0.355 e. The van der Waals surface area contributed by atoms with Crippen molar-refractivity contribution in [2.75, 3.05) is 6.54 Å². The molecule has 1 N–H and O–H groups in total. The molecule has 0 fully saturated rings. The number of carbonyl (C=O) groups is 1. The molecule has 0 heterocycles. The summed E-state index contributed by atoms with van der Waals surface area (Å²) in [6.07, 6.45) is 0.583. The molecule has 1 amide bonds. The van der Waals surface area contributed by atoms with Crippen molar-refractivity contribution in [3.05, 3.63) is 68.2 Å². The maximum Gasteiger partial charge on any atom is 0.269 e. The van der Waals surface area contributed by atoms with Crippen molar-refractivity contribution in [1.82, 2.24) is 5.32 Å². The lowest BCUT2D eigenvalue weighted by molar-refractivity contribution is -0.384. The van der Waals surface area contributed by atoms with Gasteiger partial charge in [-0.1, -0.05) is 35.3 Å². The van der Waals surface area contributed by atoms with Crippen LogP contribution in [0.25, 0.3) is 0 Å². The van der Waals surface area contributed by atoms with Crippen molar-refractivity contribution >= 4 is 46.6 Å². The number of hydrogen-bond donors (Lipinski definition) is 1. The molecular weight excluding hydrogens is 383 g/mol. The third-order valence-corrected chi connectivity index (χ3v) is 5.42. The van der Waals surface area contributed by atoms with Gasteiger partial charge in [0, 0.05) is 23.6 Å². The standard InChI is InChI=1S/C17H16Cl2N2O3S/c1-11(25-14-7-5-13(6-8-14)21(23)24)17(22)20-10-9-12-3-2-4-15(18)16(12)19/h2-8,11H,9-10H2,1H3,(H,20,22). The predicted octanol–water partition coefficient (Wildman–Crippen LogP) is 4.74.